The van der Waals surface area contributed by atoms with E-state index in [0.29, 0.717) is 0 Å². The molecule has 1 unspecified atom stereocenters. The zero-order valence-corrected chi connectivity index (χ0v) is 11.2. The molecule has 16 heavy (non-hydrogen) atoms. The minimum Gasteiger partial charge on any atom is -0.389 e. The van der Waals surface area contributed by atoms with Gasteiger partial charge in [0.15, 0.2) is 0 Å². The van der Waals surface area contributed by atoms with Gasteiger partial charge in [-0.2, -0.15) is 0 Å². The summed E-state index contributed by atoms with van der Waals surface area (Å²) in [5.74, 6) is 0.289. The number of aliphatic hydroxyl groups is 1. The first-order valence-electron chi connectivity index (χ1n) is 6.17. The highest BCUT2D eigenvalue weighted by Gasteiger charge is 2.29. The van der Waals surface area contributed by atoms with Crippen molar-refractivity contribution >= 4 is 0 Å². The minimum atomic E-state index is -0.571. The maximum Gasteiger partial charge on any atom is 0.0708 e. The van der Waals surface area contributed by atoms with E-state index in [-0.39, 0.29) is 5.92 Å². The van der Waals surface area contributed by atoms with Gasteiger partial charge in [-0.25, -0.2) is 0 Å². The van der Waals surface area contributed by atoms with E-state index in [9.17, 15) is 5.11 Å². The Balaban J connectivity index is 2.98. The molecular weight excluding hydrogens is 196 g/mol. The lowest BCUT2D eigenvalue weighted by Gasteiger charge is -2.32. The Labute approximate surface area is 99.5 Å². The molecule has 0 spiro atoms. The lowest BCUT2D eigenvalue weighted by atomic mass is 9.81. The molecular formula is C15H24O. The van der Waals surface area contributed by atoms with Gasteiger partial charge in [0, 0.05) is 6.42 Å². The van der Waals surface area contributed by atoms with Gasteiger partial charge < -0.3 is 5.11 Å². The van der Waals surface area contributed by atoms with Crippen LogP contribution in [0, 0.1) is 19.8 Å². The monoisotopic (exact) mass is 220 g/mol. The normalized spacial score (nSPS) is 15.2. The van der Waals surface area contributed by atoms with Crippen LogP contribution in [-0.4, -0.2) is 10.7 Å². The molecule has 0 saturated heterocycles. The predicted octanol–water partition coefficient (Wildman–Crippen LogP) is 3.64. The molecule has 1 heteroatoms. The summed E-state index contributed by atoms with van der Waals surface area (Å²) >= 11 is 0. The molecule has 1 N–H and O–H groups in total. The average molecular weight is 220 g/mol. The number of rotatable bonds is 4. The van der Waals surface area contributed by atoms with Crippen molar-refractivity contribution < 1.29 is 5.11 Å². The standard InChI is InChI=1S/C15H24O/c1-6-15(16,11(2)3)10-14-9-12(4)7-8-13(14)5/h7-9,11,16H,6,10H2,1-5H3. The summed E-state index contributed by atoms with van der Waals surface area (Å²) in [6, 6.07) is 6.46. The van der Waals surface area contributed by atoms with E-state index in [1.54, 1.807) is 0 Å². The molecule has 0 radical (unpaired) electrons. The first-order chi connectivity index (χ1) is 7.39. The third kappa shape index (κ3) is 2.85. The zero-order chi connectivity index (χ0) is 12.3. The van der Waals surface area contributed by atoms with Gasteiger partial charge in [-0.05, 0) is 37.3 Å². The Bertz CT molecular complexity index is 354. The van der Waals surface area contributed by atoms with Crippen LogP contribution in [0.25, 0.3) is 0 Å². The first kappa shape index (κ1) is 13.2. The number of hydrogen-bond donors (Lipinski definition) is 1. The second-order valence-electron chi connectivity index (χ2n) is 5.22. The van der Waals surface area contributed by atoms with Crippen LogP contribution in [0.4, 0.5) is 0 Å². The fraction of sp³-hybridized carbons (Fsp3) is 0.600. The maximum atomic E-state index is 10.6. The molecule has 90 valence electrons. The van der Waals surface area contributed by atoms with Crippen molar-refractivity contribution in [2.75, 3.05) is 0 Å². The molecule has 1 rings (SSSR count). The molecule has 0 aliphatic carbocycles. The molecule has 0 heterocycles. The van der Waals surface area contributed by atoms with Crippen molar-refractivity contribution in [3.05, 3.63) is 34.9 Å². The van der Waals surface area contributed by atoms with Gasteiger partial charge in [-0.15, -0.1) is 0 Å². The number of aryl methyl sites for hydroxylation is 2. The zero-order valence-electron chi connectivity index (χ0n) is 11.2. The Morgan fingerprint density at radius 2 is 1.88 bits per heavy atom. The Morgan fingerprint density at radius 3 is 2.38 bits per heavy atom. The summed E-state index contributed by atoms with van der Waals surface area (Å²) in [6.07, 6.45) is 1.56. The summed E-state index contributed by atoms with van der Waals surface area (Å²) in [7, 11) is 0. The van der Waals surface area contributed by atoms with E-state index < -0.39 is 5.60 Å². The van der Waals surface area contributed by atoms with Gasteiger partial charge in [0.25, 0.3) is 0 Å². The third-order valence-corrected chi connectivity index (χ3v) is 3.69. The number of benzene rings is 1. The van der Waals surface area contributed by atoms with E-state index in [1.807, 2.05) is 0 Å². The van der Waals surface area contributed by atoms with Crippen molar-refractivity contribution in [1.82, 2.24) is 0 Å². The highest BCUT2D eigenvalue weighted by molar-refractivity contribution is 5.31. The van der Waals surface area contributed by atoms with E-state index in [1.165, 1.54) is 16.7 Å². The van der Waals surface area contributed by atoms with Gasteiger partial charge in [0.1, 0.15) is 0 Å². The van der Waals surface area contributed by atoms with Gasteiger partial charge >= 0.3 is 0 Å². The van der Waals surface area contributed by atoms with Crippen molar-refractivity contribution in [2.45, 2.75) is 53.1 Å². The van der Waals surface area contributed by atoms with Gasteiger partial charge in [-0.3, -0.25) is 0 Å². The molecule has 0 saturated carbocycles. The second kappa shape index (κ2) is 5.01. The van der Waals surface area contributed by atoms with Crippen LogP contribution >= 0.6 is 0 Å². The van der Waals surface area contributed by atoms with Crippen LogP contribution in [0.1, 0.15) is 43.9 Å². The Morgan fingerprint density at radius 1 is 1.25 bits per heavy atom. The van der Waals surface area contributed by atoms with E-state index in [2.05, 4.69) is 52.8 Å². The van der Waals surface area contributed by atoms with E-state index >= 15 is 0 Å². The van der Waals surface area contributed by atoms with Crippen LogP contribution in [0.15, 0.2) is 18.2 Å². The van der Waals surface area contributed by atoms with Crippen LogP contribution in [0.3, 0.4) is 0 Å². The van der Waals surface area contributed by atoms with Crippen molar-refractivity contribution in [2.24, 2.45) is 5.92 Å². The topological polar surface area (TPSA) is 20.2 Å². The molecule has 1 aromatic carbocycles. The van der Waals surface area contributed by atoms with E-state index in [4.69, 9.17) is 0 Å². The molecule has 0 fully saturated rings. The fourth-order valence-electron chi connectivity index (χ4n) is 2.06. The Hall–Kier alpha value is -0.820. The number of hydrogen-bond acceptors (Lipinski definition) is 1. The van der Waals surface area contributed by atoms with E-state index in [0.717, 1.165) is 12.8 Å². The van der Waals surface area contributed by atoms with Gasteiger partial charge in [0.05, 0.1) is 5.60 Å². The summed E-state index contributed by atoms with van der Waals surface area (Å²) in [5.41, 5.74) is 3.25. The molecule has 0 aliphatic heterocycles. The highest BCUT2D eigenvalue weighted by atomic mass is 16.3. The van der Waals surface area contributed by atoms with Gasteiger partial charge in [0.2, 0.25) is 0 Å². The SMILES string of the molecule is CCC(O)(Cc1cc(C)ccc1C)C(C)C. The molecule has 1 aromatic rings. The summed E-state index contributed by atoms with van der Waals surface area (Å²) < 4.78 is 0. The molecule has 0 amide bonds. The van der Waals surface area contributed by atoms with Crippen molar-refractivity contribution in [3.63, 3.8) is 0 Å². The summed E-state index contributed by atoms with van der Waals surface area (Å²) in [6.45, 7) is 10.5. The van der Waals surface area contributed by atoms with Crippen LogP contribution in [-0.2, 0) is 6.42 Å². The maximum absolute atomic E-state index is 10.6. The van der Waals surface area contributed by atoms with Crippen molar-refractivity contribution in [1.29, 1.82) is 0 Å². The average Bonchev–Trinajstić information content (AvgIpc) is 2.23. The highest BCUT2D eigenvalue weighted by Crippen LogP contribution is 2.27. The van der Waals surface area contributed by atoms with Gasteiger partial charge in [-0.1, -0.05) is 44.5 Å². The van der Waals surface area contributed by atoms with Crippen molar-refractivity contribution in [3.8, 4) is 0 Å². The van der Waals surface area contributed by atoms with Crippen LogP contribution in [0.5, 0.6) is 0 Å². The van der Waals surface area contributed by atoms with Crippen LogP contribution < -0.4 is 0 Å². The molecule has 0 aromatic heterocycles. The smallest absolute Gasteiger partial charge is 0.0708 e. The summed E-state index contributed by atoms with van der Waals surface area (Å²) in [4.78, 5) is 0. The largest absolute Gasteiger partial charge is 0.389 e. The molecule has 1 nitrogen and oxygen atoms in total. The lowest BCUT2D eigenvalue weighted by molar-refractivity contribution is -0.00841. The quantitative estimate of drug-likeness (QED) is 0.821. The first-order valence-corrected chi connectivity index (χ1v) is 6.17. The molecule has 1 atom stereocenters. The molecule has 0 aliphatic rings. The van der Waals surface area contributed by atoms with Crippen LogP contribution in [0.2, 0.25) is 0 Å². The molecule has 0 bridgehead atoms. The summed E-state index contributed by atoms with van der Waals surface area (Å²) in [5, 5.41) is 10.6. The third-order valence-electron chi connectivity index (χ3n) is 3.69. The fourth-order valence-corrected chi connectivity index (χ4v) is 2.06. The predicted molar refractivity (Wildman–Crippen MR) is 69.7 cm³/mol. The lowest BCUT2D eigenvalue weighted by Crippen LogP contribution is -2.36. The second-order valence-corrected chi connectivity index (χ2v) is 5.22. The minimum absolute atomic E-state index is 0.289. The Kier molecular flexibility index (Phi) is 4.15.